The largest absolute Gasteiger partial charge is 0.279 e. The summed E-state index contributed by atoms with van der Waals surface area (Å²) in [5, 5.41) is 13.1. The number of aryl methyl sites for hydroxylation is 1. The number of para-hydroxylation sites is 1. The highest BCUT2D eigenvalue weighted by Crippen LogP contribution is 2.15. The van der Waals surface area contributed by atoms with Crippen LogP contribution < -0.4 is 4.72 Å². The fourth-order valence-electron chi connectivity index (χ4n) is 2.20. The van der Waals surface area contributed by atoms with Crippen LogP contribution in [0, 0.1) is 18.3 Å². The van der Waals surface area contributed by atoms with Crippen LogP contribution in [0.1, 0.15) is 24.6 Å². The van der Waals surface area contributed by atoms with Gasteiger partial charge >= 0.3 is 0 Å². The molecule has 1 N–H and O–H groups in total. The molecule has 0 saturated heterocycles. The monoisotopic (exact) mass is 347 g/mol. The Labute approximate surface area is 142 Å². The zero-order valence-corrected chi connectivity index (χ0v) is 14.8. The van der Waals surface area contributed by atoms with Crippen molar-refractivity contribution < 1.29 is 8.42 Å². The number of nitrogens with zero attached hydrogens (tertiary/aromatic N) is 4. The first kappa shape index (κ1) is 18.1. The number of hydrogen-bond acceptors (Lipinski definition) is 4. The summed E-state index contributed by atoms with van der Waals surface area (Å²) in [5.74, 6) is 0. The van der Waals surface area contributed by atoms with Crippen LogP contribution in [0.2, 0.25) is 0 Å². The lowest BCUT2D eigenvalue weighted by atomic mass is 10.2. The Kier molecular flexibility index (Phi) is 5.72. The highest BCUT2D eigenvalue weighted by atomic mass is 32.2. The second kappa shape index (κ2) is 7.57. The summed E-state index contributed by atoms with van der Waals surface area (Å²) in [6, 6.07) is 11.0. The molecule has 1 atom stereocenters. The molecule has 0 spiro atoms. The number of rotatable bonds is 7. The molecule has 0 unspecified atom stereocenters. The molecule has 128 valence electrons. The predicted molar refractivity (Wildman–Crippen MR) is 91.5 cm³/mol. The molecule has 0 aliphatic carbocycles. The van der Waals surface area contributed by atoms with E-state index in [0.29, 0.717) is 0 Å². The summed E-state index contributed by atoms with van der Waals surface area (Å²) >= 11 is 0. The van der Waals surface area contributed by atoms with E-state index >= 15 is 0 Å². The molecule has 24 heavy (non-hydrogen) atoms. The van der Waals surface area contributed by atoms with Gasteiger partial charge < -0.3 is 0 Å². The summed E-state index contributed by atoms with van der Waals surface area (Å²) < 4.78 is 30.2. The van der Waals surface area contributed by atoms with Crippen LogP contribution in [0.4, 0.5) is 0 Å². The zero-order valence-electron chi connectivity index (χ0n) is 14.0. The topological polar surface area (TPSA) is 91.0 Å². The molecule has 0 bridgehead atoms. The van der Waals surface area contributed by atoms with Crippen LogP contribution in [0.15, 0.2) is 36.5 Å². The van der Waals surface area contributed by atoms with E-state index in [0.717, 1.165) is 16.9 Å². The van der Waals surface area contributed by atoms with Crippen molar-refractivity contribution in [1.29, 1.82) is 5.26 Å². The van der Waals surface area contributed by atoms with Gasteiger partial charge in [-0.2, -0.15) is 27.8 Å². The van der Waals surface area contributed by atoms with Gasteiger partial charge in [0.2, 0.25) is 0 Å². The normalized spacial score (nSPS) is 13.0. The highest BCUT2D eigenvalue weighted by molar-refractivity contribution is 7.87. The Bertz CT molecular complexity index is 838. The maximum absolute atomic E-state index is 12.4. The summed E-state index contributed by atoms with van der Waals surface area (Å²) in [6.45, 7) is 3.73. The van der Waals surface area contributed by atoms with Crippen LogP contribution in [0.25, 0.3) is 5.69 Å². The molecule has 2 rings (SSSR count). The Morgan fingerprint density at radius 2 is 2.08 bits per heavy atom. The first-order chi connectivity index (χ1) is 11.3. The molecular weight excluding hydrogens is 326 g/mol. The van der Waals surface area contributed by atoms with E-state index in [-0.39, 0.29) is 13.0 Å². The number of nitrogens with one attached hydrogen (secondary N) is 1. The van der Waals surface area contributed by atoms with Crippen molar-refractivity contribution in [1.82, 2.24) is 18.8 Å². The van der Waals surface area contributed by atoms with Crippen LogP contribution in [-0.2, 0) is 16.8 Å². The van der Waals surface area contributed by atoms with Crippen molar-refractivity contribution in [3.8, 4) is 11.8 Å². The quantitative estimate of drug-likeness (QED) is 0.826. The third-order valence-electron chi connectivity index (χ3n) is 3.79. The van der Waals surface area contributed by atoms with Gasteiger partial charge in [-0.25, -0.2) is 4.68 Å². The van der Waals surface area contributed by atoms with Gasteiger partial charge in [0.15, 0.2) is 0 Å². The fourth-order valence-corrected chi connectivity index (χ4v) is 3.29. The minimum absolute atomic E-state index is 0.139. The Morgan fingerprint density at radius 1 is 1.38 bits per heavy atom. The molecule has 1 heterocycles. The molecule has 0 amide bonds. The van der Waals surface area contributed by atoms with E-state index in [9.17, 15) is 8.42 Å². The summed E-state index contributed by atoms with van der Waals surface area (Å²) in [5.41, 5.74) is 2.52. The van der Waals surface area contributed by atoms with E-state index in [1.807, 2.05) is 49.5 Å². The van der Waals surface area contributed by atoms with Gasteiger partial charge in [-0.05, 0) is 31.5 Å². The van der Waals surface area contributed by atoms with Gasteiger partial charge in [0.05, 0.1) is 23.9 Å². The smallest absolute Gasteiger partial charge is 0.240 e. The first-order valence-electron chi connectivity index (χ1n) is 7.55. The summed E-state index contributed by atoms with van der Waals surface area (Å²) in [4.78, 5) is 0. The molecule has 0 radical (unpaired) electrons. The van der Waals surface area contributed by atoms with Crippen molar-refractivity contribution in [3.05, 3.63) is 47.8 Å². The van der Waals surface area contributed by atoms with Crippen LogP contribution in [0.3, 0.4) is 0 Å². The Balaban J connectivity index is 2.17. The summed E-state index contributed by atoms with van der Waals surface area (Å²) in [7, 11) is -2.21. The van der Waals surface area contributed by atoms with Crippen LogP contribution >= 0.6 is 0 Å². The molecule has 2 aromatic rings. The lowest BCUT2D eigenvalue weighted by Gasteiger charge is -2.22. The van der Waals surface area contributed by atoms with Crippen LogP contribution in [-0.4, -0.2) is 35.6 Å². The Hall–Kier alpha value is -2.21. The third-order valence-corrected chi connectivity index (χ3v) is 5.42. The lowest BCUT2D eigenvalue weighted by Crippen LogP contribution is -2.42. The average Bonchev–Trinajstić information content (AvgIpc) is 2.99. The molecule has 0 fully saturated rings. The fraction of sp³-hybridized carbons (Fsp3) is 0.375. The van der Waals surface area contributed by atoms with E-state index in [1.165, 1.54) is 11.4 Å². The minimum Gasteiger partial charge on any atom is -0.240 e. The SMILES string of the molecule is Cc1ccn(-c2ccccc2CNS(=O)(=O)N(C)[C@H](C)CC#N)n1. The highest BCUT2D eigenvalue weighted by Gasteiger charge is 2.23. The van der Waals surface area contributed by atoms with Crippen molar-refractivity contribution in [2.75, 3.05) is 7.05 Å². The standard InChI is InChI=1S/C16H21N5O2S/c1-13-9-11-21(19-13)16-7-5-4-6-15(16)12-18-24(22,23)20(3)14(2)8-10-17/h4-7,9,11,14,18H,8,12H2,1-3H3/t14-/m1/s1. The van der Waals surface area contributed by atoms with Crippen molar-refractivity contribution in [2.45, 2.75) is 32.9 Å². The average molecular weight is 347 g/mol. The van der Waals surface area contributed by atoms with E-state index in [1.54, 1.807) is 11.6 Å². The van der Waals surface area contributed by atoms with Crippen molar-refractivity contribution in [3.63, 3.8) is 0 Å². The molecule has 0 saturated carbocycles. The second-order valence-corrected chi connectivity index (χ2v) is 7.40. The number of nitriles is 1. The maximum Gasteiger partial charge on any atom is 0.279 e. The van der Waals surface area contributed by atoms with E-state index in [4.69, 9.17) is 5.26 Å². The predicted octanol–water partition coefficient (Wildman–Crippen LogP) is 1.75. The van der Waals surface area contributed by atoms with E-state index in [2.05, 4.69) is 9.82 Å². The van der Waals surface area contributed by atoms with Gasteiger partial charge in [0, 0.05) is 25.8 Å². The van der Waals surface area contributed by atoms with Crippen molar-refractivity contribution >= 4 is 10.2 Å². The first-order valence-corrected chi connectivity index (χ1v) is 8.99. The van der Waals surface area contributed by atoms with Gasteiger partial charge in [-0.1, -0.05) is 18.2 Å². The molecular formula is C16H21N5O2S. The van der Waals surface area contributed by atoms with Gasteiger partial charge in [0.1, 0.15) is 0 Å². The number of aromatic nitrogens is 2. The summed E-state index contributed by atoms with van der Waals surface area (Å²) in [6.07, 6.45) is 1.98. The molecule has 8 heteroatoms. The van der Waals surface area contributed by atoms with Gasteiger partial charge in [0.25, 0.3) is 10.2 Å². The molecule has 0 aliphatic rings. The third kappa shape index (κ3) is 4.20. The molecule has 1 aromatic carbocycles. The second-order valence-electron chi connectivity index (χ2n) is 5.58. The number of hydrogen-bond donors (Lipinski definition) is 1. The minimum atomic E-state index is -3.67. The zero-order chi connectivity index (χ0) is 17.7. The van der Waals surface area contributed by atoms with Gasteiger partial charge in [-0.15, -0.1) is 0 Å². The molecule has 0 aliphatic heterocycles. The van der Waals surface area contributed by atoms with Gasteiger partial charge in [-0.3, -0.25) is 0 Å². The number of benzene rings is 1. The lowest BCUT2D eigenvalue weighted by molar-refractivity contribution is 0.386. The maximum atomic E-state index is 12.4. The molecule has 7 nitrogen and oxygen atoms in total. The van der Waals surface area contributed by atoms with Crippen LogP contribution in [0.5, 0.6) is 0 Å². The van der Waals surface area contributed by atoms with Crippen molar-refractivity contribution in [2.24, 2.45) is 0 Å². The van der Waals surface area contributed by atoms with E-state index < -0.39 is 16.3 Å². The molecule has 1 aromatic heterocycles. The Morgan fingerprint density at radius 3 is 2.71 bits per heavy atom.